The van der Waals surface area contributed by atoms with Crippen molar-refractivity contribution in [2.45, 2.75) is 170 Å². The summed E-state index contributed by atoms with van der Waals surface area (Å²) in [5.74, 6) is -6.53. The lowest BCUT2D eigenvalue weighted by Gasteiger charge is -2.55. The van der Waals surface area contributed by atoms with Crippen molar-refractivity contribution >= 4 is 17.5 Å². The van der Waals surface area contributed by atoms with E-state index in [4.69, 9.17) is 14.2 Å². The number of rotatable bonds is 3. The number of aliphatic hydroxyl groups is 4. The van der Waals surface area contributed by atoms with Gasteiger partial charge in [-0.05, 0) is 63.2 Å². The highest BCUT2D eigenvalue weighted by atomic mass is 16.7. The Labute approximate surface area is 331 Å². The van der Waals surface area contributed by atoms with E-state index in [0.717, 1.165) is 25.7 Å². The molecule has 0 radical (unpaired) electrons. The van der Waals surface area contributed by atoms with Crippen LogP contribution >= 0.6 is 0 Å². The Balaban J connectivity index is 1.97. The highest BCUT2D eigenvalue weighted by Crippen LogP contribution is 2.49. The third-order valence-corrected chi connectivity index (χ3v) is 13.4. The first-order chi connectivity index (χ1) is 25.8. The molecule has 10 nitrogen and oxygen atoms in total. The van der Waals surface area contributed by atoms with Gasteiger partial charge in [0, 0.05) is 53.9 Å². The number of hydrogen-bond donors (Lipinski definition) is 4. The zero-order valence-corrected chi connectivity index (χ0v) is 35.5. The van der Waals surface area contributed by atoms with Crippen LogP contribution in [0.25, 0.3) is 0 Å². The number of carbonyl (C=O) groups is 3. The number of carbonyl (C=O) groups excluding carboxylic acids is 3. The molecule has 1 spiro atoms. The molecule has 4 N–H and O–H groups in total. The number of aliphatic hydroxyl groups excluding tert-OH is 4. The Morgan fingerprint density at radius 3 is 1.96 bits per heavy atom. The van der Waals surface area contributed by atoms with Gasteiger partial charge in [0.15, 0.2) is 5.79 Å². The molecule has 18 atom stereocenters. The largest absolute Gasteiger partial charge is 0.458 e. The first-order valence-corrected chi connectivity index (χ1v) is 21.1. The minimum Gasteiger partial charge on any atom is -0.458 e. The molecule has 0 aliphatic carbocycles. The lowest BCUT2D eigenvalue weighted by atomic mass is 9.74. The van der Waals surface area contributed by atoms with Gasteiger partial charge in [-0.2, -0.15) is 0 Å². The van der Waals surface area contributed by atoms with E-state index in [1.54, 1.807) is 47.6 Å². The summed E-state index contributed by atoms with van der Waals surface area (Å²) in [6, 6.07) is 0. The van der Waals surface area contributed by atoms with E-state index in [2.05, 4.69) is 26.8 Å². The Morgan fingerprint density at radius 2 is 1.36 bits per heavy atom. The van der Waals surface area contributed by atoms with Gasteiger partial charge in [0.25, 0.3) is 0 Å². The average Bonchev–Trinajstić information content (AvgIpc) is 3.16. The van der Waals surface area contributed by atoms with Gasteiger partial charge >= 0.3 is 5.97 Å². The molecule has 0 amide bonds. The van der Waals surface area contributed by atoms with Crippen LogP contribution in [0.2, 0.25) is 0 Å². The molecule has 2 saturated heterocycles. The van der Waals surface area contributed by atoms with Crippen molar-refractivity contribution in [2.75, 3.05) is 0 Å². The molecular formula is C45H74O10. The summed E-state index contributed by atoms with van der Waals surface area (Å²) in [6.45, 7) is 20.1. The topological polar surface area (TPSA) is 160 Å². The number of allylic oxidation sites excluding steroid dienone is 4. The minimum absolute atomic E-state index is 0.144. The Bertz CT molecular complexity index is 1340. The fourth-order valence-corrected chi connectivity index (χ4v) is 8.95. The van der Waals surface area contributed by atoms with E-state index in [0.29, 0.717) is 19.3 Å². The third kappa shape index (κ3) is 11.9. The van der Waals surface area contributed by atoms with Gasteiger partial charge in [-0.15, -0.1) is 0 Å². The smallest absolute Gasteiger partial charge is 0.330 e. The molecule has 0 aromatic rings. The van der Waals surface area contributed by atoms with Crippen molar-refractivity contribution < 1.29 is 49.0 Å². The quantitative estimate of drug-likeness (QED) is 0.226. The number of Topliss-reactive ketones (excluding diaryl/α,β-unsaturated/α-hetero) is 2. The van der Waals surface area contributed by atoms with E-state index >= 15 is 0 Å². The second-order valence-corrected chi connectivity index (χ2v) is 17.7. The van der Waals surface area contributed by atoms with Crippen LogP contribution in [0.5, 0.6) is 0 Å². The molecule has 10 heteroatoms. The summed E-state index contributed by atoms with van der Waals surface area (Å²) in [7, 11) is 0. The van der Waals surface area contributed by atoms with Gasteiger partial charge in [0.05, 0.1) is 36.6 Å². The predicted molar refractivity (Wildman–Crippen MR) is 213 cm³/mol. The molecule has 2 bridgehead atoms. The first-order valence-electron chi connectivity index (χ1n) is 21.1. The second-order valence-electron chi connectivity index (χ2n) is 17.7. The van der Waals surface area contributed by atoms with Crippen molar-refractivity contribution in [3.63, 3.8) is 0 Å². The van der Waals surface area contributed by atoms with E-state index in [9.17, 15) is 34.8 Å². The fraction of sp³-hybridized carbons (Fsp3) is 0.800. The van der Waals surface area contributed by atoms with Gasteiger partial charge < -0.3 is 34.6 Å². The van der Waals surface area contributed by atoms with Gasteiger partial charge in [-0.3, -0.25) is 9.59 Å². The maximum absolute atomic E-state index is 13.5. The molecule has 3 heterocycles. The molecule has 314 valence electrons. The van der Waals surface area contributed by atoms with Crippen LogP contribution < -0.4 is 0 Å². The number of esters is 1. The van der Waals surface area contributed by atoms with Crippen LogP contribution in [0.4, 0.5) is 0 Å². The Kier molecular flexibility index (Phi) is 18.0. The maximum atomic E-state index is 13.5. The first kappa shape index (κ1) is 47.2. The normalized spacial score (nSPS) is 46.1. The highest BCUT2D eigenvalue weighted by Gasteiger charge is 2.56. The molecule has 2 fully saturated rings. The molecule has 0 aromatic heterocycles. The summed E-state index contributed by atoms with van der Waals surface area (Å²) in [6.07, 6.45) is 11.1. The SMILES string of the molecule is CC[C@H]1/C=C/C=C/C[C@@H](C)[C@H](O)[C@H](C)C(=O)[C@@H](C)[C@H](O)[C@@H](C)C(=O)[C@@H](C)[C@H](O)[C@@H](C)/C=C/C(=O)O[C@H]2[C@H](C)[C@H](CC1)O[C@]1(CC[C@H](C)[C@H](C[C@@H](C)O)O1)[C@@H]2C. The molecule has 0 saturated carbocycles. The van der Waals surface area contributed by atoms with E-state index < -0.39 is 77.6 Å². The molecular weight excluding hydrogens is 700 g/mol. The molecule has 3 aliphatic heterocycles. The summed E-state index contributed by atoms with van der Waals surface area (Å²) in [4.78, 5) is 40.4. The van der Waals surface area contributed by atoms with Crippen molar-refractivity contribution in [1.29, 1.82) is 0 Å². The van der Waals surface area contributed by atoms with Crippen LogP contribution in [0.1, 0.15) is 121 Å². The number of hydrogen-bond acceptors (Lipinski definition) is 10. The van der Waals surface area contributed by atoms with Crippen LogP contribution in [-0.4, -0.2) is 86.5 Å². The van der Waals surface area contributed by atoms with E-state index in [-0.39, 0.29) is 47.6 Å². The maximum Gasteiger partial charge on any atom is 0.330 e. The van der Waals surface area contributed by atoms with Gasteiger partial charge in [0.1, 0.15) is 17.7 Å². The van der Waals surface area contributed by atoms with E-state index in [1.807, 2.05) is 32.1 Å². The number of ketones is 2. The van der Waals surface area contributed by atoms with Gasteiger partial charge in [-0.25, -0.2) is 4.79 Å². The lowest BCUT2D eigenvalue weighted by molar-refractivity contribution is -0.371. The van der Waals surface area contributed by atoms with Crippen molar-refractivity contribution in [2.24, 2.45) is 59.2 Å². The molecule has 0 unspecified atom stereocenters. The molecule has 55 heavy (non-hydrogen) atoms. The summed E-state index contributed by atoms with van der Waals surface area (Å²) in [5.41, 5.74) is 0. The van der Waals surface area contributed by atoms with Crippen molar-refractivity contribution in [3.05, 3.63) is 36.5 Å². The van der Waals surface area contributed by atoms with Gasteiger partial charge in [0.2, 0.25) is 0 Å². The van der Waals surface area contributed by atoms with Crippen LogP contribution in [0.15, 0.2) is 36.5 Å². The molecule has 3 aliphatic rings. The second kappa shape index (κ2) is 21.0. The Hall–Kier alpha value is -2.21. The van der Waals surface area contributed by atoms with Gasteiger partial charge in [-0.1, -0.05) is 99.6 Å². The van der Waals surface area contributed by atoms with Crippen molar-refractivity contribution in [1.82, 2.24) is 0 Å². The summed E-state index contributed by atoms with van der Waals surface area (Å²) >= 11 is 0. The monoisotopic (exact) mass is 775 g/mol. The average molecular weight is 775 g/mol. The van der Waals surface area contributed by atoms with E-state index in [1.165, 1.54) is 6.08 Å². The van der Waals surface area contributed by atoms with Crippen molar-refractivity contribution in [3.8, 4) is 0 Å². The summed E-state index contributed by atoms with van der Waals surface area (Å²) < 4.78 is 20.0. The zero-order chi connectivity index (χ0) is 41.4. The number of ether oxygens (including phenoxy) is 3. The summed E-state index contributed by atoms with van der Waals surface area (Å²) in [5, 5.41) is 43.8. The molecule has 0 aromatic carbocycles. The minimum atomic E-state index is -1.30. The Morgan fingerprint density at radius 1 is 0.764 bits per heavy atom. The van der Waals surface area contributed by atoms with Crippen LogP contribution in [-0.2, 0) is 28.6 Å². The highest BCUT2D eigenvalue weighted by molar-refractivity contribution is 5.87. The predicted octanol–water partition coefficient (Wildman–Crippen LogP) is 6.77. The molecule has 3 rings (SSSR count). The third-order valence-electron chi connectivity index (χ3n) is 13.4. The zero-order valence-electron chi connectivity index (χ0n) is 35.5. The fourth-order valence-electron chi connectivity index (χ4n) is 8.95. The number of fused-ring (bicyclic) bond motifs is 2. The standard InChI is InChI=1S/C45H74O10/c1-12-35-17-15-13-14-16-26(3)39(48)30(7)41(50)32(9)43(52)33(10)42(51)31(8)40(49)27(4)18-21-38(47)53-44-29(6)36(20-19-35)54-45(34(44)11)23-22-25(2)37(55-45)24-28(5)46/h13-15,17-18,21,25-37,39-40,43-44,46,48-49,52H,12,16,19-20,22-24H2,1-11H3/b14-13+,17-15+,21-18+/t25-,26+,27-,28+,29+,30-,31-,32+,33-,34+,35-,36-,37-,39-,40+,43-,44-,45-/m0/s1. The van der Waals surface area contributed by atoms with Crippen LogP contribution in [0.3, 0.4) is 0 Å². The lowest BCUT2D eigenvalue weighted by Crippen LogP contribution is -2.62. The van der Waals surface area contributed by atoms with Crippen LogP contribution in [0, 0.1) is 59.2 Å².